The fourth-order valence-electron chi connectivity index (χ4n) is 3.84. The van der Waals surface area contributed by atoms with Gasteiger partial charge in [-0.25, -0.2) is 0 Å². The van der Waals surface area contributed by atoms with E-state index in [0.717, 1.165) is 5.92 Å². The summed E-state index contributed by atoms with van der Waals surface area (Å²) < 4.78 is 7.03. The molecule has 0 radical (unpaired) electrons. The molecule has 6 heteroatoms. The van der Waals surface area contributed by atoms with Gasteiger partial charge in [0.1, 0.15) is 0 Å². The predicted molar refractivity (Wildman–Crippen MR) is 88.0 cm³/mol. The number of aromatic nitrogens is 2. The van der Waals surface area contributed by atoms with Gasteiger partial charge >= 0.3 is 81.7 Å². The Balaban J connectivity index is 0.000000133. The van der Waals surface area contributed by atoms with E-state index < -0.39 is 0 Å². The molecule has 0 N–H and O–H groups in total. The summed E-state index contributed by atoms with van der Waals surface area (Å²) in [4.78, 5) is 0. The van der Waals surface area contributed by atoms with Crippen LogP contribution in [0.4, 0.5) is 0 Å². The van der Waals surface area contributed by atoms with Crippen LogP contribution >= 0.6 is 23.6 Å². The van der Waals surface area contributed by atoms with Crippen molar-refractivity contribution in [3.05, 3.63) is 28.1 Å². The third kappa shape index (κ3) is 2.86. The summed E-state index contributed by atoms with van der Waals surface area (Å²) in [6, 6.07) is 8.41. The van der Waals surface area contributed by atoms with Crippen molar-refractivity contribution >= 4 is 34.6 Å². The fraction of sp³-hybridized carbons (Fsp3) is 0.562. The minimum atomic E-state index is 0.174. The quantitative estimate of drug-likeness (QED) is 0.504. The molecule has 2 aliphatic carbocycles. The van der Waals surface area contributed by atoms with Crippen LogP contribution in [0, 0.1) is 9.72 Å². The number of hydrogen-bond acceptors (Lipinski definition) is 1. The van der Waals surface area contributed by atoms with Crippen LogP contribution in [0.1, 0.15) is 32.1 Å². The molecule has 1 aromatic carbocycles. The van der Waals surface area contributed by atoms with E-state index in [1.807, 2.05) is 0 Å². The number of halogens is 2. The molecule has 0 aliphatic heterocycles. The van der Waals surface area contributed by atoms with Crippen molar-refractivity contribution < 1.29 is 19.4 Å². The molecule has 0 atom stereocenters. The first-order valence-electron chi connectivity index (χ1n) is 7.62. The van der Waals surface area contributed by atoms with E-state index in [2.05, 4.69) is 66.8 Å². The summed E-state index contributed by atoms with van der Waals surface area (Å²) in [7, 11) is 4.18. The molecule has 2 aromatic rings. The van der Waals surface area contributed by atoms with Gasteiger partial charge in [-0.1, -0.05) is 0 Å². The van der Waals surface area contributed by atoms with Crippen LogP contribution < -0.4 is 0 Å². The molecule has 0 spiro atoms. The van der Waals surface area contributed by atoms with Gasteiger partial charge in [0, 0.05) is 0 Å². The number of imidazole rings is 1. The van der Waals surface area contributed by atoms with Gasteiger partial charge in [0.05, 0.1) is 5.54 Å². The van der Waals surface area contributed by atoms with E-state index in [-0.39, 0.29) is 5.54 Å². The number of nitrogens with zero attached hydrogens (tertiary/aromatic N) is 3. The molecule has 0 amide bonds. The van der Waals surface area contributed by atoms with Crippen molar-refractivity contribution in [3.8, 4) is 0 Å². The van der Waals surface area contributed by atoms with Crippen molar-refractivity contribution in [3.63, 3.8) is 0 Å². The van der Waals surface area contributed by atoms with E-state index in [4.69, 9.17) is 23.6 Å². The van der Waals surface area contributed by atoms with Gasteiger partial charge in [-0.15, -0.1) is 3.94 Å². The first-order valence-corrected chi connectivity index (χ1v) is 9.43. The zero-order chi connectivity index (χ0) is 15.9. The monoisotopic (exact) mass is 520 g/mol. The van der Waals surface area contributed by atoms with Crippen LogP contribution in [-0.2, 0) is 33.4 Å². The standard InChI is InChI=1S/C9H10N2.C7H11Cl2N.Pt/c1-10-7-11(2)9-6-4-3-5-8(9)10;8-10(9)7-3-1-6(5-7)2-4-7;/h3-6H,1-2H3;6H,1-5H2;/t;6-,7+;. The summed E-state index contributed by atoms with van der Waals surface area (Å²) in [6.07, 6.45) is 6.28. The molecule has 2 aliphatic rings. The number of rotatable bonds is 1. The Bertz CT molecular complexity index is 685. The maximum atomic E-state index is 5.77. The van der Waals surface area contributed by atoms with Gasteiger partial charge in [0.25, 0.3) is 0 Å². The Morgan fingerprint density at radius 1 is 1.09 bits per heavy atom. The molecular formula is C16H21Cl2N3Pt. The van der Waals surface area contributed by atoms with Gasteiger partial charge in [-0.2, -0.15) is 0 Å². The second kappa shape index (κ2) is 6.43. The van der Waals surface area contributed by atoms with Crippen LogP contribution in [0.15, 0.2) is 24.3 Å². The first-order chi connectivity index (χ1) is 10.4. The van der Waals surface area contributed by atoms with Gasteiger partial charge in [0.15, 0.2) is 0 Å². The van der Waals surface area contributed by atoms with Crippen LogP contribution in [0.5, 0.6) is 0 Å². The molecule has 4 rings (SSSR count). The van der Waals surface area contributed by atoms with Crippen molar-refractivity contribution in [2.24, 2.45) is 20.0 Å². The van der Waals surface area contributed by atoms with Crippen LogP contribution in [0.2, 0.25) is 0 Å². The number of benzene rings is 1. The van der Waals surface area contributed by atoms with Crippen LogP contribution in [0.3, 0.4) is 0 Å². The van der Waals surface area contributed by atoms with Crippen molar-refractivity contribution in [2.45, 2.75) is 37.6 Å². The third-order valence-electron chi connectivity index (χ3n) is 5.18. The third-order valence-corrected chi connectivity index (χ3v) is 7.42. The van der Waals surface area contributed by atoms with Crippen molar-refractivity contribution in [2.75, 3.05) is 0 Å². The summed E-state index contributed by atoms with van der Waals surface area (Å²) in [6.45, 7) is 0. The Hall–Kier alpha value is -0.0817. The molecular weight excluding hydrogens is 500 g/mol. The van der Waals surface area contributed by atoms with Gasteiger partial charge in [-0.05, 0) is 61.6 Å². The number of aryl methyl sites for hydroxylation is 2. The molecule has 22 heavy (non-hydrogen) atoms. The molecule has 1 heterocycles. The molecule has 1 aromatic heterocycles. The van der Waals surface area contributed by atoms with E-state index in [9.17, 15) is 0 Å². The van der Waals surface area contributed by atoms with Gasteiger partial charge in [0.2, 0.25) is 0 Å². The van der Waals surface area contributed by atoms with Crippen LogP contribution in [0.25, 0.3) is 11.0 Å². The molecule has 2 fully saturated rings. The molecule has 2 bridgehead atoms. The Labute approximate surface area is 152 Å². The zero-order valence-corrected chi connectivity index (χ0v) is 16.6. The molecule has 0 saturated heterocycles. The predicted octanol–water partition coefficient (Wildman–Crippen LogP) is 4.52. The van der Waals surface area contributed by atoms with Gasteiger partial charge < -0.3 is 0 Å². The molecule has 3 nitrogen and oxygen atoms in total. The Kier molecular flexibility index (Phi) is 4.90. The Morgan fingerprint density at radius 3 is 1.91 bits per heavy atom. The van der Waals surface area contributed by atoms with Crippen molar-refractivity contribution in [1.29, 1.82) is 0 Å². The topological polar surface area (TPSA) is 13.1 Å². The summed E-state index contributed by atoms with van der Waals surface area (Å²) in [5.74, 6) is 0.917. The van der Waals surface area contributed by atoms with Crippen molar-refractivity contribution in [1.82, 2.24) is 13.1 Å². The first kappa shape index (κ1) is 16.8. The Morgan fingerprint density at radius 2 is 1.59 bits per heavy atom. The number of hydrogen-bond donors (Lipinski definition) is 0. The summed E-state index contributed by atoms with van der Waals surface area (Å²) in [5.41, 5.74) is 2.74. The minimum absolute atomic E-state index is 0.174. The summed E-state index contributed by atoms with van der Waals surface area (Å²) >= 11 is 13.9. The average Bonchev–Trinajstić information content (AvgIpc) is 3.20. The van der Waals surface area contributed by atoms with E-state index >= 15 is 0 Å². The number of fused-ring (bicyclic) bond motifs is 3. The normalized spacial score (nSPS) is 26.6. The summed E-state index contributed by atoms with van der Waals surface area (Å²) in [5, 5.41) is 0. The molecule has 124 valence electrons. The van der Waals surface area contributed by atoms with E-state index in [1.165, 1.54) is 50.9 Å². The molecule has 2 saturated carbocycles. The molecule has 0 unspecified atom stereocenters. The second-order valence-corrected chi connectivity index (χ2v) is 8.32. The van der Waals surface area contributed by atoms with E-state index in [1.54, 1.807) is 0 Å². The second-order valence-electron chi connectivity index (χ2n) is 6.45. The SMILES string of the molecule is ClN(Cl)[C@]12CC[C@@H](CC1)C2.Cn1[c](=[Pt])n(C)c2ccccc21. The van der Waals surface area contributed by atoms with Gasteiger partial charge in [-0.3, -0.25) is 0 Å². The fourth-order valence-corrected chi connectivity index (χ4v) is 4.86. The zero-order valence-electron chi connectivity index (χ0n) is 12.8. The maximum absolute atomic E-state index is 5.77. The number of para-hydroxylation sites is 2. The average molecular weight is 521 g/mol. The van der Waals surface area contributed by atoms with Crippen LogP contribution in [-0.4, -0.2) is 18.6 Å². The van der Waals surface area contributed by atoms with E-state index in [0.29, 0.717) is 0 Å².